The maximum Gasteiger partial charge on any atom is 0.418 e. The summed E-state index contributed by atoms with van der Waals surface area (Å²) < 4.78 is 38.1. The van der Waals surface area contributed by atoms with Crippen molar-refractivity contribution >= 4 is 11.4 Å². The van der Waals surface area contributed by atoms with E-state index in [9.17, 15) is 13.2 Å². The second kappa shape index (κ2) is 5.28. The van der Waals surface area contributed by atoms with Crippen molar-refractivity contribution in [1.82, 2.24) is 4.90 Å². The summed E-state index contributed by atoms with van der Waals surface area (Å²) in [6.07, 6.45) is -2.20. The number of hydrogen-bond donors (Lipinski definition) is 2. The van der Waals surface area contributed by atoms with E-state index < -0.39 is 11.7 Å². The summed E-state index contributed by atoms with van der Waals surface area (Å²) in [4.78, 5) is 2.22. The molecule has 1 aliphatic heterocycles. The van der Waals surface area contributed by atoms with Crippen molar-refractivity contribution in [2.45, 2.75) is 25.1 Å². The van der Waals surface area contributed by atoms with Gasteiger partial charge in [-0.05, 0) is 44.6 Å². The lowest BCUT2D eigenvalue weighted by Gasteiger charge is -2.21. The van der Waals surface area contributed by atoms with Crippen LogP contribution >= 0.6 is 0 Å². The predicted octanol–water partition coefficient (Wildman–Crippen LogP) is 2.79. The largest absolute Gasteiger partial charge is 0.418 e. The Kier molecular flexibility index (Phi) is 3.89. The number of nitrogen functional groups attached to an aromatic ring is 1. The topological polar surface area (TPSA) is 41.3 Å². The Morgan fingerprint density at radius 2 is 2.16 bits per heavy atom. The minimum Gasteiger partial charge on any atom is -0.398 e. The Balaban J connectivity index is 2.05. The Bertz CT molecular complexity index is 445. The van der Waals surface area contributed by atoms with Gasteiger partial charge in [-0.25, -0.2) is 0 Å². The van der Waals surface area contributed by atoms with Crippen LogP contribution in [0.25, 0.3) is 0 Å². The van der Waals surface area contributed by atoms with E-state index in [-0.39, 0.29) is 5.69 Å². The maximum atomic E-state index is 12.7. The van der Waals surface area contributed by atoms with Gasteiger partial charge in [-0.3, -0.25) is 0 Å². The molecule has 1 aromatic rings. The minimum absolute atomic E-state index is 0.240. The van der Waals surface area contributed by atoms with Gasteiger partial charge in [-0.15, -0.1) is 0 Å². The molecule has 1 atom stereocenters. The first-order chi connectivity index (χ1) is 8.88. The number of alkyl halides is 3. The van der Waals surface area contributed by atoms with Gasteiger partial charge in [0.1, 0.15) is 0 Å². The molecule has 0 bridgehead atoms. The summed E-state index contributed by atoms with van der Waals surface area (Å²) in [6.45, 7) is 1.69. The SMILES string of the molecule is CN1CCCC1CNc1ccc(N)c(C(F)(F)F)c1. The zero-order valence-corrected chi connectivity index (χ0v) is 10.8. The van der Waals surface area contributed by atoms with Crippen LogP contribution in [-0.4, -0.2) is 31.1 Å². The van der Waals surface area contributed by atoms with Crippen molar-refractivity contribution < 1.29 is 13.2 Å². The number of anilines is 2. The third kappa shape index (κ3) is 3.32. The molecule has 1 aromatic carbocycles. The van der Waals surface area contributed by atoms with E-state index in [0.717, 1.165) is 25.5 Å². The summed E-state index contributed by atoms with van der Waals surface area (Å²) in [5, 5.41) is 3.06. The molecule has 6 heteroatoms. The highest BCUT2D eigenvalue weighted by molar-refractivity contribution is 5.58. The number of nitrogens with two attached hydrogens (primary N) is 1. The fourth-order valence-electron chi connectivity index (χ4n) is 2.38. The van der Waals surface area contributed by atoms with Crippen molar-refractivity contribution in [2.24, 2.45) is 0 Å². The van der Waals surface area contributed by atoms with Crippen LogP contribution in [0.15, 0.2) is 18.2 Å². The first-order valence-corrected chi connectivity index (χ1v) is 6.29. The molecule has 0 radical (unpaired) electrons. The molecule has 19 heavy (non-hydrogen) atoms. The van der Waals surface area contributed by atoms with Crippen molar-refractivity contribution in [2.75, 3.05) is 31.2 Å². The zero-order chi connectivity index (χ0) is 14.0. The Labute approximate surface area is 110 Å². The smallest absolute Gasteiger partial charge is 0.398 e. The fourth-order valence-corrected chi connectivity index (χ4v) is 2.38. The molecular weight excluding hydrogens is 255 g/mol. The van der Waals surface area contributed by atoms with Crippen LogP contribution in [0.4, 0.5) is 24.5 Å². The molecule has 2 rings (SSSR count). The fraction of sp³-hybridized carbons (Fsp3) is 0.538. The van der Waals surface area contributed by atoms with Crippen LogP contribution in [0.2, 0.25) is 0 Å². The average molecular weight is 273 g/mol. The van der Waals surface area contributed by atoms with Crippen LogP contribution in [0.3, 0.4) is 0 Å². The van der Waals surface area contributed by atoms with Gasteiger partial charge in [0, 0.05) is 24.0 Å². The highest BCUT2D eigenvalue weighted by Crippen LogP contribution is 2.35. The molecule has 0 aliphatic carbocycles. The van der Waals surface area contributed by atoms with Gasteiger partial charge in [0.25, 0.3) is 0 Å². The number of hydrogen-bond acceptors (Lipinski definition) is 3. The first-order valence-electron chi connectivity index (χ1n) is 6.29. The van der Waals surface area contributed by atoms with E-state index >= 15 is 0 Å². The Hall–Kier alpha value is -1.43. The molecule has 1 saturated heterocycles. The van der Waals surface area contributed by atoms with E-state index in [1.165, 1.54) is 6.07 Å². The summed E-state index contributed by atoms with van der Waals surface area (Å²) in [7, 11) is 2.03. The lowest BCUT2D eigenvalue weighted by atomic mass is 10.1. The normalized spacial score (nSPS) is 20.7. The first kappa shape index (κ1) is 14.0. The van der Waals surface area contributed by atoms with Gasteiger partial charge in [-0.2, -0.15) is 13.2 Å². The summed E-state index contributed by atoms with van der Waals surface area (Å²) in [6, 6.07) is 4.33. The third-order valence-corrected chi connectivity index (χ3v) is 3.57. The van der Waals surface area contributed by atoms with Crippen molar-refractivity contribution in [3.8, 4) is 0 Å². The number of halogens is 3. The third-order valence-electron chi connectivity index (χ3n) is 3.57. The molecule has 0 spiro atoms. The number of benzene rings is 1. The van der Waals surface area contributed by atoms with Gasteiger partial charge in [0.15, 0.2) is 0 Å². The second-order valence-corrected chi connectivity index (χ2v) is 4.96. The standard InChI is InChI=1S/C13H18F3N3/c1-19-6-2-3-10(19)8-18-9-4-5-12(17)11(7-9)13(14,15)16/h4-5,7,10,18H,2-3,6,8,17H2,1H3. The number of likely N-dealkylation sites (tertiary alicyclic amines) is 1. The molecule has 0 amide bonds. The number of nitrogens with zero attached hydrogens (tertiary/aromatic N) is 1. The van der Waals surface area contributed by atoms with Crippen LogP contribution in [0, 0.1) is 0 Å². The lowest BCUT2D eigenvalue weighted by molar-refractivity contribution is -0.136. The summed E-state index contributed by atoms with van der Waals surface area (Å²) in [5.74, 6) is 0. The van der Waals surface area contributed by atoms with E-state index in [0.29, 0.717) is 18.3 Å². The summed E-state index contributed by atoms with van der Waals surface area (Å²) >= 11 is 0. The predicted molar refractivity (Wildman–Crippen MR) is 70.0 cm³/mol. The zero-order valence-electron chi connectivity index (χ0n) is 10.8. The van der Waals surface area contributed by atoms with Crippen molar-refractivity contribution in [3.05, 3.63) is 23.8 Å². The maximum absolute atomic E-state index is 12.7. The quantitative estimate of drug-likeness (QED) is 0.832. The molecule has 1 heterocycles. The number of likely N-dealkylation sites (N-methyl/N-ethyl adjacent to an activating group) is 1. The van der Waals surface area contributed by atoms with E-state index in [1.54, 1.807) is 6.07 Å². The highest BCUT2D eigenvalue weighted by atomic mass is 19.4. The van der Waals surface area contributed by atoms with Gasteiger partial charge in [0.2, 0.25) is 0 Å². The molecule has 1 unspecified atom stereocenters. The average Bonchev–Trinajstić information content (AvgIpc) is 2.72. The van der Waals surface area contributed by atoms with Crippen molar-refractivity contribution in [1.29, 1.82) is 0 Å². The molecule has 1 fully saturated rings. The molecule has 1 aliphatic rings. The lowest BCUT2D eigenvalue weighted by Crippen LogP contribution is -2.31. The second-order valence-electron chi connectivity index (χ2n) is 4.96. The molecule has 0 aromatic heterocycles. The van der Waals surface area contributed by atoms with E-state index in [2.05, 4.69) is 10.2 Å². The molecule has 3 nitrogen and oxygen atoms in total. The summed E-state index contributed by atoms with van der Waals surface area (Å²) in [5.41, 5.74) is 4.80. The van der Waals surface area contributed by atoms with Crippen LogP contribution in [0.1, 0.15) is 18.4 Å². The highest BCUT2D eigenvalue weighted by Gasteiger charge is 2.33. The molecular formula is C13H18F3N3. The van der Waals surface area contributed by atoms with Gasteiger partial charge >= 0.3 is 6.18 Å². The molecule has 0 saturated carbocycles. The Morgan fingerprint density at radius 3 is 2.74 bits per heavy atom. The number of nitrogens with one attached hydrogen (secondary N) is 1. The molecule has 106 valence electrons. The number of rotatable bonds is 3. The van der Waals surface area contributed by atoms with Gasteiger partial charge in [0.05, 0.1) is 5.56 Å². The minimum atomic E-state index is -4.41. The van der Waals surface area contributed by atoms with E-state index in [4.69, 9.17) is 5.73 Å². The monoisotopic (exact) mass is 273 g/mol. The van der Waals surface area contributed by atoms with Crippen molar-refractivity contribution in [3.63, 3.8) is 0 Å². The van der Waals surface area contributed by atoms with Crippen LogP contribution in [0.5, 0.6) is 0 Å². The van der Waals surface area contributed by atoms with Gasteiger partial charge < -0.3 is 16.0 Å². The van der Waals surface area contributed by atoms with Crippen LogP contribution in [-0.2, 0) is 6.18 Å². The Morgan fingerprint density at radius 1 is 1.42 bits per heavy atom. The van der Waals surface area contributed by atoms with E-state index in [1.807, 2.05) is 7.05 Å². The van der Waals surface area contributed by atoms with Crippen LogP contribution < -0.4 is 11.1 Å². The molecule has 3 N–H and O–H groups in total. The van der Waals surface area contributed by atoms with Gasteiger partial charge in [-0.1, -0.05) is 0 Å².